The van der Waals surface area contributed by atoms with E-state index in [4.69, 9.17) is 4.74 Å². The van der Waals surface area contributed by atoms with Crippen LogP contribution in [0.5, 0.6) is 5.75 Å². The summed E-state index contributed by atoms with van der Waals surface area (Å²) in [5, 5.41) is 11.6. The van der Waals surface area contributed by atoms with Crippen LogP contribution in [0.25, 0.3) is 0 Å². The summed E-state index contributed by atoms with van der Waals surface area (Å²) in [6, 6.07) is 14.1. The Kier molecular flexibility index (Phi) is 4.41. The molecule has 2 aromatic rings. The molecule has 0 radical (unpaired) electrons. The van der Waals surface area contributed by atoms with Crippen LogP contribution in [0.3, 0.4) is 0 Å². The molecule has 0 amide bonds. The van der Waals surface area contributed by atoms with Crippen molar-refractivity contribution < 1.29 is 18.8 Å². The predicted molar refractivity (Wildman–Crippen MR) is 99.2 cm³/mol. The van der Waals surface area contributed by atoms with Gasteiger partial charge in [0.25, 0.3) is 11.6 Å². The zero-order valence-corrected chi connectivity index (χ0v) is 15.0. The van der Waals surface area contributed by atoms with Crippen LogP contribution in [-0.2, 0) is 5.72 Å². The Bertz CT molecular complexity index is 817. The molecule has 5 heteroatoms. The van der Waals surface area contributed by atoms with Gasteiger partial charge in [-0.25, -0.2) is 13.9 Å². The van der Waals surface area contributed by atoms with E-state index in [2.05, 4.69) is 9.48 Å². The van der Waals surface area contributed by atoms with Crippen LogP contribution in [0.1, 0.15) is 31.2 Å². The van der Waals surface area contributed by atoms with Crippen LogP contribution in [0.4, 0.5) is 10.1 Å². The van der Waals surface area contributed by atoms with Crippen LogP contribution in [0, 0.1) is 5.82 Å². The third-order valence-corrected chi connectivity index (χ3v) is 5.42. The molecule has 4 rings (SSSR count). The topological polar surface area (TPSA) is 35.7 Å². The molecule has 0 saturated carbocycles. The molecule has 26 heavy (non-hydrogen) atoms. The number of hydrogen-bond acceptors (Lipinski definition) is 3. The lowest BCUT2D eigenvalue weighted by atomic mass is 10.0. The maximum absolute atomic E-state index is 13.4. The lowest BCUT2D eigenvalue weighted by Gasteiger charge is -2.23. The lowest BCUT2D eigenvalue weighted by molar-refractivity contribution is -0.658. The molecule has 2 aromatic carbocycles. The first-order chi connectivity index (χ1) is 12.6. The van der Waals surface area contributed by atoms with Crippen LogP contribution < -0.4 is 9.64 Å². The monoisotopic (exact) mass is 355 g/mol. The molecule has 136 valence electrons. The van der Waals surface area contributed by atoms with Gasteiger partial charge in [0.2, 0.25) is 0 Å². The van der Waals surface area contributed by atoms with Crippen molar-refractivity contribution in [1.82, 2.24) is 0 Å². The van der Waals surface area contributed by atoms with Gasteiger partial charge in [-0.1, -0.05) is 0 Å². The van der Waals surface area contributed by atoms with Gasteiger partial charge in [0.05, 0.1) is 13.7 Å². The average Bonchev–Trinajstić information content (AvgIpc) is 2.82. The molecule has 0 fully saturated rings. The molecule has 2 aliphatic rings. The van der Waals surface area contributed by atoms with E-state index >= 15 is 0 Å². The molecule has 1 atom stereocenters. The van der Waals surface area contributed by atoms with E-state index < -0.39 is 5.72 Å². The number of nitrogens with zero attached hydrogens (tertiary/aromatic N) is 2. The highest BCUT2D eigenvalue weighted by atomic mass is 19.1. The third kappa shape index (κ3) is 2.86. The number of β-amino-alcohol motifs (C(OH)–C–C–N with tert-alkyl or cyclic N) is 1. The summed E-state index contributed by atoms with van der Waals surface area (Å²) in [5.41, 5.74) is 0.618. The minimum absolute atomic E-state index is 0.289. The summed E-state index contributed by atoms with van der Waals surface area (Å²) in [6.45, 7) is 1.23. The molecule has 1 N–H and O–H groups in total. The Morgan fingerprint density at radius 3 is 2.46 bits per heavy atom. The number of benzene rings is 2. The highest BCUT2D eigenvalue weighted by molar-refractivity contribution is 5.96. The van der Waals surface area contributed by atoms with Crippen LogP contribution in [0.2, 0.25) is 0 Å². The van der Waals surface area contributed by atoms with Crippen molar-refractivity contribution in [2.24, 2.45) is 0 Å². The quantitative estimate of drug-likeness (QED) is 0.856. The van der Waals surface area contributed by atoms with Crippen molar-refractivity contribution in [3.63, 3.8) is 0 Å². The number of anilines is 1. The van der Waals surface area contributed by atoms with Crippen LogP contribution in [0.15, 0.2) is 48.5 Å². The average molecular weight is 355 g/mol. The molecule has 0 spiro atoms. The first-order valence-corrected chi connectivity index (χ1v) is 9.15. The van der Waals surface area contributed by atoms with Gasteiger partial charge in [0, 0.05) is 12.0 Å². The van der Waals surface area contributed by atoms with Gasteiger partial charge in [-0.2, -0.15) is 0 Å². The first-order valence-electron chi connectivity index (χ1n) is 9.15. The highest BCUT2D eigenvalue weighted by Gasteiger charge is 2.51. The van der Waals surface area contributed by atoms with E-state index in [9.17, 15) is 9.50 Å². The molecule has 2 heterocycles. The molecule has 0 aliphatic carbocycles. The molecule has 4 nitrogen and oxygen atoms in total. The van der Waals surface area contributed by atoms with Gasteiger partial charge in [0.1, 0.15) is 17.3 Å². The number of ether oxygens (including phenoxy) is 1. The number of rotatable bonds is 3. The van der Waals surface area contributed by atoms with Gasteiger partial charge in [-0.3, -0.25) is 0 Å². The Morgan fingerprint density at radius 2 is 1.77 bits per heavy atom. The summed E-state index contributed by atoms with van der Waals surface area (Å²) in [6.07, 6.45) is 4.23. The standard InChI is InChI=1S/C21H24FN2O2/c1-26-19-12-10-18(11-13-19)23-15-21(25,16-6-8-17(22)9-7-16)24-14-4-2-3-5-20(23)24/h6-13,25H,2-5,14-15H2,1H3/q+1/t21-/m0/s1. The van der Waals surface area contributed by atoms with Crippen molar-refractivity contribution in [3.8, 4) is 5.75 Å². The number of methoxy groups -OCH3 is 1. The zero-order valence-electron chi connectivity index (χ0n) is 15.0. The second-order valence-corrected chi connectivity index (χ2v) is 6.99. The van der Waals surface area contributed by atoms with E-state index in [0.717, 1.165) is 55.1 Å². The van der Waals surface area contributed by atoms with E-state index in [1.807, 2.05) is 24.3 Å². The van der Waals surface area contributed by atoms with Crippen molar-refractivity contribution in [2.75, 3.05) is 25.1 Å². The normalized spacial score (nSPS) is 23.0. The minimum Gasteiger partial charge on any atom is -0.497 e. The molecular formula is C21H24FN2O2+. The van der Waals surface area contributed by atoms with E-state index in [1.54, 1.807) is 19.2 Å². The summed E-state index contributed by atoms with van der Waals surface area (Å²) in [5.74, 6) is 1.66. The molecule has 2 aliphatic heterocycles. The molecule has 0 bridgehead atoms. The van der Waals surface area contributed by atoms with Crippen LogP contribution in [-0.4, -0.2) is 35.7 Å². The maximum Gasteiger partial charge on any atom is 0.271 e. The van der Waals surface area contributed by atoms with Gasteiger partial charge in [-0.15, -0.1) is 0 Å². The molecule has 0 unspecified atom stereocenters. The third-order valence-electron chi connectivity index (χ3n) is 5.42. The maximum atomic E-state index is 13.4. The fourth-order valence-corrected chi connectivity index (χ4v) is 4.04. The van der Waals surface area contributed by atoms with Gasteiger partial charge in [0.15, 0.2) is 6.54 Å². The first kappa shape index (κ1) is 17.0. The second kappa shape index (κ2) is 6.72. The largest absolute Gasteiger partial charge is 0.497 e. The zero-order chi connectivity index (χ0) is 18.1. The van der Waals surface area contributed by atoms with E-state index in [0.29, 0.717) is 6.54 Å². The van der Waals surface area contributed by atoms with Gasteiger partial charge >= 0.3 is 0 Å². The number of aliphatic hydroxyl groups is 1. The Hall–Kier alpha value is -2.40. The fraction of sp³-hybridized carbons (Fsp3) is 0.381. The van der Waals surface area contributed by atoms with Crippen molar-refractivity contribution >= 4 is 11.5 Å². The van der Waals surface area contributed by atoms with Gasteiger partial charge in [-0.05, 0) is 67.8 Å². The Morgan fingerprint density at radius 1 is 1.04 bits per heavy atom. The number of hydrogen-bond donors (Lipinski definition) is 1. The molecule has 0 saturated heterocycles. The number of amidine groups is 1. The summed E-state index contributed by atoms with van der Waals surface area (Å²) in [7, 11) is 1.65. The molecular weight excluding hydrogens is 331 g/mol. The van der Waals surface area contributed by atoms with E-state index in [1.165, 1.54) is 12.1 Å². The lowest BCUT2D eigenvalue weighted by Crippen LogP contribution is -2.41. The second-order valence-electron chi connectivity index (χ2n) is 6.99. The van der Waals surface area contributed by atoms with Crippen molar-refractivity contribution in [1.29, 1.82) is 0 Å². The summed E-state index contributed by atoms with van der Waals surface area (Å²) in [4.78, 5) is 2.19. The van der Waals surface area contributed by atoms with Gasteiger partial charge < -0.3 is 9.84 Å². The van der Waals surface area contributed by atoms with Crippen molar-refractivity contribution in [2.45, 2.75) is 31.4 Å². The minimum atomic E-state index is -1.15. The molecule has 0 aromatic heterocycles. The van der Waals surface area contributed by atoms with Crippen LogP contribution >= 0.6 is 0 Å². The number of halogens is 1. The smallest absolute Gasteiger partial charge is 0.271 e. The highest BCUT2D eigenvalue weighted by Crippen LogP contribution is 2.35. The fourth-order valence-electron chi connectivity index (χ4n) is 4.04. The SMILES string of the molecule is COc1ccc(N2C[C@](O)(c3ccc(F)cc3)[N+]3=C2CCCCC3)cc1. The predicted octanol–water partition coefficient (Wildman–Crippen LogP) is 3.48. The Balaban J connectivity index is 1.77. The van der Waals surface area contributed by atoms with Crippen molar-refractivity contribution in [3.05, 3.63) is 59.9 Å². The Labute approximate surface area is 153 Å². The summed E-state index contributed by atoms with van der Waals surface area (Å²) >= 11 is 0. The van der Waals surface area contributed by atoms with E-state index in [-0.39, 0.29) is 5.82 Å². The summed E-state index contributed by atoms with van der Waals surface area (Å²) < 4.78 is 20.8.